The van der Waals surface area contributed by atoms with E-state index in [1.54, 1.807) is 12.1 Å². The molecule has 17 heavy (non-hydrogen) atoms. The first-order valence-electron chi connectivity index (χ1n) is 5.48. The number of rotatable bonds is 1. The van der Waals surface area contributed by atoms with Gasteiger partial charge in [0.15, 0.2) is 0 Å². The lowest BCUT2D eigenvalue weighted by Crippen LogP contribution is -2.35. The molecular formula is C13H13ClINO. The quantitative estimate of drug-likeness (QED) is 0.551. The fraction of sp³-hybridized carbons (Fsp3) is 0.308. The third-order valence-corrected chi connectivity index (χ3v) is 4.06. The molecular weight excluding hydrogens is 349 g/mol. The van der Waals surface area contributed by atoms with Crippen molar-refractivity contribution in [1.82, 2.24) is 4.90 Å². The van der Waals surface area contributed by atoms with E-state index in [1.807, 2.05) is 11.0 Å². The van der Waals surface area contributed by atoms with Crippen LogP contribution in [0.1, 0.15) is 23.7 Å². The molecule has 1 heterocycles. The van der Waals surface area contributed by atoms with Crippen molar-refractivity contribution in [2.24, 2.45) is 0 Å². The second-order valence-corrected chi connectivity index (χ2v) is 5.77. The first-order chi connectivity index (χ1) is 8.08. The summed E-state index contributed by atoms with van der Waals surface area (Å²) >= 11 is 8.11. The summed E-state index contributed by atoms with van der Waals surface area (Å²) in [6.45, 7) is 3.60. The molecule has 0 saturated heterocycles. The molecule has 0 spiro atoms. The van der Waals surface area contributed by atoms with Crippen molar-refractivity contribution in [1.29, 1.82) is 0 Å². The van der Waals surface area contributed by atoms with Crippen molar-refractivity contribution in [2.45, 2.75) is 13.3 Å². The highest BCUT2D eigenvalue weighted by molar-refractivity contribution is 14.1. The highest BCUT2D eigenvalue weighted by atomic mass is 127. The van der Waals surface area contributed by atoms with E-state index in [0.717, 1.165) is 16.5 Å². The van der Waals surface area contributed by atoms with Gasteiger partial charge >= 0.3 is 0 Å². The second kappa shape index (κ2) is 5.40. The van der Waals surface area contributed by atoms with E-state index in [-0.39, 0.29) is 5.91 Å². The number of benzene rings is 1. The molecule has 1 amide bonds. The van der Waals surface area contributed by atoms with Crippen molar-refractivity contribution < 1.29 is 4.79 Å². The van der Waals surface area contributed by atoms with Gasteiger partial charge in [0.2, 0.25) is 0 Å². The predicted molar refractivity (Wildman–Crippen MR) is 78.4 cm³/mol. The summed E-state index contributed by atoms with van der Waals surface area (Å²) in [5.41, 5.74) is 2.06. The number of carbonyl (C=O) groups excluding carboxylic acids is 1. The van der Waals surface area contributed by atoms with E-state index in [0.29, 0.717) is 17.1 Å². The van der Waals surface area contributed by atoms with Gasteiger partial charge in [0.1, 0.15) is 0 Å². The van der Waals surface area contributed by atoms with E-state index in [4.69, 9.17) is 11.6 Å². The maximum Gasteiger partial charge on any atom is 0.255 e. The van der Waals surface area contributed by atoms with Crippen molar-refractivity contribution in [3.63, 3.8) is 0 Å². The molecule has 1 aliphatic rings. The van der Waals surface area contributed by atoms with Crippen LogP contribution in [-0.4, -0.2) is 23.9 Å². The van der Waals surface area contributed by atoms with Crippen LogP contribution in [0.25, 0.3) is 0 Å². The lowest BCUT2D eigenvalue weighted by Gasteiger charge is -2.26. The Morgan fingerprint density at radius 1 is 1.47 bits per heavy atom. The fourth-order valence-electron chi connectivity index (χ4n) is 1.79. The highest BCUT2D eigenvalue weighted by Gasteiger charge is 2.19. The van der Waals surface area contributed by atoms with Crippen molar-refractivity contribution in [3.05, 3.63) is 44.0 Å². The molecule has 4 heteroatoms. The summed E-state index contributed by atoms with van der Waals surface area (Å²) in [5, 5.41) is 0.609. The van der Waals surface area contributed by atoms with Gasteiger partial charge < -0.3 is 4.90 Å². The zero-order chi connectivity index (χ0) is 12.4. The average molecular weight is 362 g/mol. The highest BCUT2D eigenvalue weighted by Crippen LogP contribution is 2.21. The van der Waals surface area contributed by atoms with Crippen LogP contribution in [0.3, 0.4) is 0 Å². The molecule has 0 fully saturated rings. The molecule has 0 N–H and O–H groups in total. The Balaban J connectivity index is 2.23. The summed E-state index contributed by atoms with van der Waals surface area (Å²) in [6, 6.07) is 5.43. The molecule has 1 aromatic carbocycles. The maximum atomic E-state index is 12.3. The summed E-state index contributed by atoms with van der Waals surface area (Å²) < 4.78 is 0.947. The summed E-state index contributed by atoms with van der Waals surface area (Å²) in [6.07, 6.45) is 3.07. The van der Waals surface area contributed by atoms with Crippen LogP contribution in [0.15, 0.2) is 29.8 Å². The largest absolute Gasteiger partial charge is 0.335 e. The summed E-state index contributed by atoms with van der Waals surface area (Å²) in [5.74, 6) is 0.0700. The van der Waals surface area contributed by atoms with Gasteiger partial charge in [-0.15, -0.1) is 0 Å². The average Bonchev–Trinajstić information content (AvgIpc) is 2.32. The third kappa shape index (κ3) is 3.01. The number of amides is 1. The zero-order valence-corrected chi connectivity index (χ0v) is 12.5. The van der Waals surface area contributed by atoms with Crippen LogP contribution in [0.5, 0.6) is 0 Å². The minimum absolute atomic E-state index is 0.0700. The number of nitrogens with zero attached hydrogens (tertiary/aromatic N) is 1. The molecule has 0 unspecified atom stereocenters. The third-order valence-electron chi connectivity index (χ3n) is 2.88. The van der Waals surface area contributed by atoms with E-state index < -0.39 is 0 Å². The van der Waals surface area contributed by atoms with Gasteiger partial charge in [0.05, 0.1) is 5.56 Å². The molecule has 0 radical (unpaired) electrons. The number of carbonyl (C=O) groups is 1. The van der Waals surface area contributed by atoms with Gasteiger partial charge in [-0.05, 0) is 54.1 Å². The van der Waals surface area contributed by atoms with Crippen molar-refractivity contribution in [2.75, 3.05) is 13.1 Å². The summed E-state index contributed by atoms with van der Waals surface area (Å²) in [4.78, 5) is 14.2. The molecule has 90 valence electrons. The van der Waals surface area contributed by atoms with E-state index in [9.17, 15) is 4.79 Å². The molecule has 0 aliphatic carbocycles. The Hall–Kier alpha value is -0.550. The van der Waals surface area contributed by atoms with E-state index in [2.05, 4.69) is 35.6 Å². The van der Waals surface area contributed by atoms with E-state index in [1.165, 1.54) is 5.57 Å². The minimum atomic E-state index is 0.0700. The van der Waals surface area contributed by atoms with Crippen LogP contribution in [-0.2, 0) is 0 Å². The van der Waals surface area contributed by atoms with Crippen LogP contribution >= 0.6 is 34.2 Å². The maximum absolute atomic E-state index is 12.3. The molecule has 2 rings (SSSR count). The number of hydrogen-bond donors (Lipinski definition) is 0. The predicted octanol–water partition coefficient (Wildman–Crippen LogP) is 3.74. The molecule has 0 bridgehead atoms. The first-order valence-corrected chi connectivity index (χ1v) is 6.93. The summed E-state index contributed by atoms with van der Waals surface area (Å²) in [7, 11) is 0. The van der Waals surface area contributed by atoms with Gasteiger partial charge in [-0.2, -0.15) is 0 Å². The normalized spacial score (nSPS) is 15.7. The Bertz CT molecular complexity index is 484. The SMILES string of the molecule is CC1=CCN(C(=O)c2cc(Cl)ccc2I)CC1. The second-order valence-electron chi connectivity index (χ2n) is 4.18. The van der Waals surface area contributed by atoms with Gasteiger partial charge in [-0.3, -0.25) is 4.79 Å². The Kier molecular flexibility index (Phi) is 4.09. The standard InChI is InChI=1S/C13H13ClINO/c1-9-4-6-16(7-5-9)13(17)11-8-10(14)2-3-12(11)15/h2-4,8H,5-7H2,1H3. The van der Waals surface area contributed by atoms with Crippen molar-refractivity contribution >= 4 is 40.1 Å². The van der Waals surface area contributed by atoms with Gasteiger partial charge in [0.25, 0.3) is 5.91 Å². The molecule has 0 saturated carbocycles. The number of halogens is 2. The van der Waals surface area contributed by atoms with Crippen LogP contribution < -0.4 is 0 Å². The van der Waals surface area contributed by atoms with Gasteiger partial charge in [-0.1, -0.05) is 23.3 Å². The van der Waals surface area contributed by atoms with Crippen LogP contribution in [0, 0.1) is 3.57 Å². The van der Waals surface area contributed by atoms with Crippen molar-refractivity contribution in [3.8, 4) is 0 Å². The minimum Gasteiger partial charge on any atom is -0.335 e. The van der Waals surface area contributed by atoms with Gasteiger partial charge in [-0.25, -0.2) is 0 Å². The van der Waals surface area contributed by atoms with Crippen LogP contribution in [0.2, 0.25) is 5.02 Å². The smallest absolute Gasteiger partial charge is 0.255 e. The van der Waals surface area contributed by atoms with E-state index >= 15 is 0 Å². The Morgan fingerprint density at radius 3 is 2.88 bits per heavy atom. The fourth-order valence-corrected chi connectivity index (χ4v) is 2.53. The zero-order valence-electron chi connectivity index (χ0n) is 9.54. The topological polar surface area (TPSA) is 20.3 Å². The molecule has 1 aromatic rings. The van der Waals surface area contributed by atoms with Crippen LogP contribution in [0.4, 0.5) is 0 Å². The first kappa shape index (κ1) is 12.9. The molecule has 1 aliphatic heterocycles. The monoisotopic (exact) mass is 361 g/mol. The lowest BCUT2D eigenvalue weighted by molar-refractivity contribution is 0.0768. The lowest BCUT2D eigenvalue weighted by atomic mass is 10.1. The van der Waals surface area contributed by atoms with Gasteiger partial charge in [0, 0.05) is 21.7 Å². The number of hydrogen-bond acceptors (Lipinski definition) is 1. The molecule has 0 aromatic heterocycles. The Labute approximate surface area is 120 Å². The molecule has 0 atom stereocenters. The Morgan fingerprint density at radius 2 is 2.24 bits per heavy atom. The molecule has 2 nitrogen and oxygen atoms in total.